The molecule has 2 heterocycles. The quantitative estimate of drug-likeness (QED) is 0.786. The smallest absolute Gasteiger partial charge is 0.224 e. The van der Waals surface area contributed by atoms with E-state index < -0.39 is 0 Å². The Hall–Kier alpha value is -0.220. The maximum absolute atomic E-state index is 11.9. The predicted molar refractivity (Wildman–Crippen MR) is 68.7 cm³/mol. The van der Waals surface area contributed by atoms with E-state index in [9.17, 15) is 4.79 Å². The zero-order chi connectivity index (χ0) is 11.4. The molecule has 0 aliphatic carbocycles. The van der Waals surface area contributed by atoms with Crippen LogP contribution in [0.4, 0.5) is 0 Å². The first-order valence-corrected chi connectivity index (χ1v) is 7.45. The Kier molecular flexibility index (Phi) is 4.53. The van der Waals surface area contributed by atoms with Crippen LogP contribution in [-0.4, -0.2) is 36.0 Å². The Morgan fingerprint density at radius 2 is 2.31 bits per heavy atom. The Morgan fingerprint density at radius 3 is 2.94 bits per heavy atom. The van der Waals surface area contributed by atoms with Gasteiger partial charge >= 0.3 is 0 Å². The maximum atomic E-state index is 11.9. The van der Waals surface area contributed by atoms with Crippen LogP contribution in [0, 0.1) is 5.92 Å². The van der Waals surface area contributed by atoms with Gasteiger partial charge in [-0.1, -0.05) is 6.42 Å². The third-order valence-corrected chi connectivity index (χ3v) is 5.04. The number of carbonyl (C=O) groups is 1. The van der Waals surface area contributed by atoms with E-state index in [2.05, 4.69) is 17.6 Å². The van der Waals surface area contributed by atoms with Crippen LogP contribution in [0.25, 0.3) is 0 Å². The van der Waals surface area contributed by atoms with Gasteiger partial charge in [-0.3, -0.25) is 4.79 Å². The normalized spacial score (nSPS) is 34.9. The average Bonchev–Trinajstić information content (AvgIpc) is 2.74. The summed E-state index contributed by atoms with van der Waals surface area (Å²) in [6.45, 7) is 3.96. The molecule has 0 radical (unpaired) electrons. The number of hydrogen-bond acceptors (Lipinski definition) is 3. The van der Waals surface area contributed by atoms with E-state index in [1.807, 2.05) is 11.8 Å². The Bertz CT molecular complexity index is 241. The van der Waals surface area contributed by atoms with Gasteiger partial charge in [-0.25, -0.2) is 0 Å². The summed E-state index contributed by atoms with van der Waals surface area (Å²) in [7, 11) is 0. The highest BCUT2D eigenvalue weighted by molar-refractivity contribution is 7.99. The molecule has 2 fully saturated rings. The molecule has 0 aromatic carbocycles. The molecule has 2 saturated heterocycles. The summed E-state index contributed by atoms with van der Waals surface area (Å²) in [4.78, 5) is 11.9. The Labute approximate surface area is 102 Å². The zero-order valence-electron chi connectivity index (χ0n) is 10.00. The van der Waals surface area contributed by atoms with Crippen LogP contribution in [0.3, 0.4) is 0 Å². The van der Waals surface area contributed by atoms with Gasteiger partial charge in [0.2, 0.25) is 5.91 Å². The third kappa shape index (κ3) is 3.14. The standard InChI is InChI=1S/C12H22N2OS/c1-9-11(5-6-13-9)12(15)14-8-10-4-2-3-7-16-10/h9-11,13H,2-8H2,1H3,(H,14,15). The van der Waals surface area contributed by atoms with Crippen LogP contribution in [0.5, 0.6) is 0 Å². The SMILES string of the molecule is CC1NCCC1C(=O)NCC1CCCCS1. The van der Waals surface area contributed by atoms with E-state index in [1.54, 1.807) is 0 Å². The Morgan fingerprint density at radius 1 is 1.44 bits per heavy atom. The van der Waals surface area contributed by atoms with Gasteiger partial charge in [0, 0.05) is 17.8 Å². The molecule has 3 nitrogen and oxygen atoms in total. The first-order chi connectivity index (χ1) is 7.77. The van der Waals surface area contributed by atoms with E-state index >= 15 is 0 Å². The van der Waals surface area contributed by atoms with Crippen molar-refractivity contribution in [2.75, 3.05) is 18.8 Å². The number of rotatable bonds is 3. The molecule has 3 unspecified atom stereocenters. The minimum atomic E-state index is 0.189. The van der Waals surface area contributed by atoms with Crippen LogP contribution in [-0.2, 0) is 4.79 Å². The van der Waals surface area contributed by atoms with Gasteiger partial charge in [-0.2, -0.15) is 11.8 Å². The molecular formula is C12H22N2OS. The monoisotopic (exact) mass is 242 g/mol. The third-order valence-electron chi connectivity index (χ3n) is 3.64. The molecule has 0 saturated carbocycles. The molecule has 16 heavy (non-hydrogen) atoms. The number of amides is 1. The van der Waals surface area contributed by atoms with Gasteiger partial charge in [0.05, 0.1) is 5.92 Å². The van der Waals surface area contributed by atoms with E-state index in [0.717, 1.165) is 19.5 Å². The minimum Gasteiger partial charge on any atom is -0.355 e. The van der Waals surface area contributed by atoms with Crippen LogP contribution in [0.2, 0.25) is 0 Å². The number of thioether (sulfide) groups is 1. The molecule has 2 aliphatic rings. The second-order valence-electron chi connectivity index (χ2n) is 4.87. The molecular weight excluding hydrogens is 220 g/mol. The van der Waals surface area contributed by atoms with Crippen molar-refractivity contribution in [3.63, 3.8) is 0 Å². The van der Waals surface area contributed by atoms with Crippen LogP contribution in [0.15, 0.2) is 0 Å². The lowest BCUT2D eigenvalue weighted by Crippen LogP contribution is -2.39. The molecule has 3 atom stereocenters. The summed E-state index contributed by atoms with van der Waals surface area (Å²) < 4.78 is 0. The molecule has 0 aromatic rings. The maximum Gasteiger partial charge on any atom is 0.224 e. The van der Waals surface area contributed by atoms with Crippen LogP contribution in [0.1, 0.15) is 32.6 Å². The molecule has 4 heteroatoms. The van der Waals surface area contributed by atoms with Crippen LogP contribution >= 0.6 is 11.8 Å². The lowest BCUT2D eigenvalue weighted by molar-refractivity contribution is -0.125. The molecule has 2 rings (SSSR count). The van der Waals surface area contributed by atoms with Gasteiger partial charge in [0.25, 0.3) is 0 Å². The zero-order valence-corrected chi connectivity index (χ0v) is 10.8. The van der Waals surface area contributed by atoms with E-state index in [-0.39, 0.29) is 11.8 Å². The topological polar surface area (TPSA) is 41.1 Å². The van der Waals surface area contributed by atoms with E-state index in [1.165, 1.54) is 25.0 Å². The predicted octanol–water partition coefficient (Wildman–Crippen LogP) is 1.39. The van der Waals surface area contributed by atoms with E-state index in [4.69, 9.17) is 0 Å². The molecule has 1 amide bonds. The summed E-state index contributed by atoms with van der Waals surface area (Å²) >= 11 is 2.02. The molecule has 0 aromatic heterocycles. The molecule has 2 N–H and O–H groups in total. The number of nitrogens with one attached hydrogen (secondary N) is 2. The molecule has 0 spiro atoms. The van der Waals surface area contributed by atoms with Gasteiger partial charge in [0.1, 0.15) is 0 Å². The highest BCUT2D eigenvalue weighted by atomic mass is 32.2. The Balaban J connectivity index is 1.70. The average molecular weight is 242 g/mol. The summed E-state index contributed by atoms with van der Waals surface area (Å²) in [6.07, 6.45) is 4.93. The van der Waals surface area contributed by atoms with Crippen molar-refractivity contribution in [1.29, 1.82) is 0 Å². The fourth-order valence-electron chi connectivity index (χ4n) is 2.53. The van der Waals surface area contributed by atoms with Crippen molar-refractivity contribution < 1.29 is 4.79 Å². The lowest BCUT2D eigenvalue weighted by atomic mass is 10.0. The highest BCUT2D eigenvalue weighted by Gasteiger charge is 2.29. The van der Waals surface area contributed by atoms with Crippen molar-refractivity contribution in [1.82, 2.24) is 10.6 Å². The molecule has 2 aliphatic heterocycles. The van der Waals surface area contributed by atoms with Crippen molar-refractivity contribution in [2.45, 2.75) is 43.9 Å². The van der Waals surface area contributed by atoms with Crippen molar-refractivity contribution in [3.8, 4) is 0 Å². The second kappa shape index (κ2) is 5.92. The first-order valence-electron chi connectivity index (χ1n) is 6.40. The number of hydrogen-bond donors (Lipinski definition) is 2. The summed E-state index contributed by atoms with van der Waals surface area (Å²) in [5, 5.41) is 7.10. The minimum absolute atomic E-state index is 0.189. The summed E-state index contributed by atoms with van der Waals surface area (Å²) in [5.41, 5.74) is 0. The second-order valence-corrected chi connectivity index (χ2v) is 6.28. The fourth-order valence-corrected chi connectivity index (χ4v) is 3.77. The lowest BCUT2D eigenvalue weighted by Gasteiger charge is -2.23. The van der Waals surface area contributed by atoms with Gasteiger partial charge < -0.3 is 10.6 Å². The largest absolute Gasteiger partial charge is 0.355 e. The van der Waals surface area contributed by atoms with E-state index in [0.29, 0.717) is 11.3 Å². The van der Waals surface area contributed by atoms with Crippen molar-refractivity contribution in [3.05, 3.63) is 0 Å². The number of carbonyl (C=O) groups excluding carboxylic acids is 1. The summed E-state index contributed by atoms with van der Waals surface area (Å²) in [6, 6.07) is 0.346. The highest BCUT2D eigenvalue weighted by Crippen LogP contribution is 2.24. The van der Waals surface area contributed by atoms with Gasteiger partial charge in [-0.05, 0) is 38.5 Å². The molecule has 92 valence electrons. The molecule has 0 bridgehead atoms. The fraction of sp³-hybridized carbons (Fsp3) is 0.917. The summed E-state index contributed by atoms with van der Waals surface area (Å²) in [5.74, 6) is 1.71. The van der Waals surface area contributed by atoms with Gasteiger partial charge in [0.15, 0.2) is 0 Å². The first kappa shape index (κ1) is 12.2. The van der Waals surface area contributed by atoms with Crippen LogP contribution < -0.4 is 10.6 Å². The van der Waals surface area contributed by atoms with Crippen molar-refractivity contribution in [2.24, 2.45) is 5.92 Å². The van der Waals surface area contributed by atoms with Crippen molar-refractivity contribution >= 4 is 17.7 Å². The van der Waals surface area contributed by atoms with Gasteiger partial charge in [-0.15, -0.1) is 0 Å².